The van der Waals surface area contributed by atoms with Crippen molar-refractivity contribution in [3.05, 3.63) is 59.7 Å². The Bertz CT molecular complexity index is 970. The van der Waals surface area contributed by atoms with E-state index in [1.54, 1.807) is 0 Å². The predicted octanol–water partition coefficient (Wildman–Crippen LogP) is 3.05. The molecule has 2 aromatic rings. The summed E-state index contributed by atoms with van der Waals surface area (Å²) in [6.07, 6.45) is 0.864. The van der Waals surface area contributed by atoms with Gasteiger partial charge in [-0.3, -0.25) is 9.59 Å². The van der Waals surface area contributed by atoms with Crippen molar-refractivity contribution in [2.75, 3.05) is 19.8 Å². The van der Waals surface area contributed by atoms with Crippen molar-refractivity contribution in [1.29, 1.82) is 0 Å². The first kappa shape index (κ1) is 22.8. The number of benzene rings is 2. The van der Waals surface area contributed by atoms with Crippen molar-refractivity contribution >= 4 is 18.0 Å². The van der Waals surface area contributed by atoms with Crippen molar-refractivity contribution in [2.24, 2.45) is 0 Å². The number of hydrogen-bond donors (Lipinski definition) is 3. The van der Waals surface area contributed by atoms with Gasteiger partial charge < -0.3 is 25.2 Å². The van der Waals surface area contributed by atoms with Crippen molar-refractivity contribution < 1.29 is 29.0 Å². The molecule has 1 aliphatic carbocycles. The number of carboxylic acid groups (broad SMARTS) is 1. The van der Waals surface area contributed by atoms with Crippen molar-refractivity contribution in [2.45, 2.75) is 43.7 Å². The Balaban J connectivity index is 1.38. The molecule has 8 heteroatoms. The third-order valence-electron chi connectivity index (χ3n) is 6.13. The van der Waals surface area contributed by atoms with Gasteiger partial charge in [0.1, 0.15) is 12.6 Å². The highest BCUT2D eigenvalue weighted by Gasteiger charge is 2.30. The van der Waals surface area contributed by atoms with E-state index in [2.05, 4.69) is 10.6 Å². The molecule has 33 heavy (non-hydrogen) atoms. The lowest BCUT2D eigenvalue weighted by atomic mass is 9.98. The Hall–Kier alpha value is -3.39. The van der Waals surface area contributed by atoms with Gasteiger partial charge in [0.05, 0.1) is 6.42 Å². The molecule has 3 N–H and O–H groups in total. The summed E-state index contributed by atoms with van der Waals surface area (Å²) < 4.78 is 10.9. The zero-order chi connectivity index (χ0) is 23.2. The summed E-state index contributed by atoms with van der Waals surface area (Å²) >= 11 is 0. The number of hydrogen-bond acceptors (Lipinski definition) is 5. The van der Waals surface area contributed by atoms with Gasteiger partial charge in [-0.15, -0.1) is 0 Å². The van der Waals surface area contributed by atoms with Gasteiger partial charge >= 0.3 is 12.1 Å². The number of carbonyl (C=O) groups is 3. The summed E-state index contributed by atoms with van der Waals surface area (Å²) in [6.45, 7) is 1.26. The van der Waals surface area contributed by atoms with E-state index in [9.17, 15) is 19.5 Å². The first-order valence-corrected chi connectivity index (χ1v) is 11.2. The van der Waals surface area contributed by atoms with E-state index < -0.39 is 30.4 Å². The van der Waals surface area contributed by atoms with Gasteiger partial charge in [-0.2, -0.15) is 0 Å². The first-order chi connectivity index (χ1) is 16.0. The number of rotatable bonds is 7. The van der Waals surface area contributed by atoms with Gasteiger partial charge in [-0.25, -0.2) is 4.79 Å². The van der Waals surface area contributed by atoms with Crippen LogP contribution in [0.25, 0.3) is 11.1 Å². The highest BCUT2D eigenvalue weighted by Crippen LogP contribution is 2.44. The number of alkyl carbamates (subject to hydrolysis) is 1. The Labute approximate surface area is 192 Å². The topological polar surface area (TPSA) is 114 Å². The minimum Gasteiger partial charge on any atom is -0.481 e. The third kappa shape index (κ3) is 5.51. The van der Waals surface area contributed by atoms with E-state index in [0.29, 0.717) is 19.6 Å². The van der Waals surface area contributed by atoms with Gasteiger partial charge in [0, 0.05) is 25.2 Å². The quantitative estimate of drug-likeness (QED) is 0.595. The van der Waals surface area contributed by atoms with Crippen LogP contribution in [0, 0.1) is 0 Å². The summed E-state index contributed by atoms with van der Waals surface area (Å²) in [5, 5.41) is 14.5. The molecule has 0 aromatic heterocycles. The lowest BCUT2D eigenvalue weighted by Crippen LogP contribution is -2.50. The number of carbonyl (C=O) groups excluding carboxylic acids is 2. The first-order valence-electron chi connectivity index (χ1n) is 11.2. The molecular formula is C25H28N2O6. The molecule has 1 saturated heterocycles. The van der Waals surface area contributed by atoms with Crippen LogP contribution in [0.5, 0.6) is 0 Å². The highest BCUT2D eigenvalue weighted by atomic mass is 16.5. The van der Waals surface area contributed by atoms with Gasteiger partial charge in [-0.05, 0) is 41.5 Å². The molecule has 0 saturated carbocycles. The Kier molecular flexibility index (Phi) is 7.24. The number of fused-ring (bicyclic) bond motifs is 3. The van der Waals surface area contributed by atoms with Crippen LogP contribution in [-0.2, 0) is 19.1 Å². The number of ether oxygens (including phenoxy) is 2. The zero-order valence-electron chi connectivity index (χ0n) is 18.3. The summed E-state index contributed by atoms with van der Waals surface area (Å²) in [7, 11) is 0. The van der Waals surface area contributed by atoms with Crippen molar-refractivity contribution in [3.8, 4) is 11.1 Å². The van der Waals surface area contributed by atoms with Crippen LogP contribution in [0.15, 0.2) is 48.5 Å². The average molecular weight is 453 g/mol. The van der Waals surface area contributed by atoms with Crippen LogP contribution in [0.3, 0.4) is 0 Å². The largest absolute Gasteiger partial charge is 0.481 e. The molecular weight excluding hydrogens is 424 g/mol. The Morgan fingerprint density at radius 1 is 1.00 bits per heavy atom. The molecule has 0 radical (unpaired) electrons. The number of aliphatic carboxylic acids is 1. The second-order valence-corrected chi connectivity index (χ2v) is 8.37. The molecule has 1 fully saturated rings. The van der Waals surface area contributed by atoms with Gasteiger partial charge in [0.15, 0.2) is 0 Å². The van der Waals surface area contributed by atoms with Crippen LogP contribution >= 0.6 is 0 Å². The lowest BCUT2D eigenvalue weighted by molar-refractivity contribution is -0.140. The fourth-order valence-corrected chi connectivity index (χ4v) is 4.52. The molecule has 0 spiro atoms. The predicted molar refractivity (Wildman–Crippen MR) is 121 cm³/mol. The molecule has 8 nitrogen and oxygen atoms in total. The maximum atomic E-state index is 12.7. The molecule has 1 heterocycles. The monoisotopic (exact) mass is 452 g/mol. The fraction of sp³-hybridized carbons (Fsp3) is 0.400. The summed E-state index contributed by atoms with van der Waals surface area (Å²) in [5.41, 5.74) is 4.36. The van der Waals surface area contributed by atoms with Crippen LogP contribution in [0.4, 0.5) is 4.79 Å². The molecule has 1 aliphatic heterocycles. The van der Waals surface area contributed by atoms with E-state index in [-0.39, 0.29) is 18.6 Å². The zero-order valence-corrected chi connectivity index (χ0v) is 18.3. The number of amides is 2. The minimum atomic E-state index is -1.22. The molecule has 174 valence electrons. The second kappa shape index (κ2) is 10.5. The maximum Gasteiger partial charge on any atom is 0.407 e. The highest BCUT2D eigenvalue weighted by molar-refractivity contribution is 5.89. The van der Waals surface area contributed by atoms with Crippen LogP contribution in [-0.4, -0.2) is 55.0 Å². The number of carboxylic acids is 1. The Morgan fingerprint density at radius 3 is 2.33 bits per heavy atom. The van der Waals surface area contributed by atoms with E-state index in [0.717, 1.165) is 35.1 Å². The third-order valence-corrected chi connectivity index (χ3v) is 6.13. The average Bonchev–Trinajstić information content (AvgIpc) is 2.92. The van der Waals surface area contributed by atoms with Crippen molar-refractivity contribution in [3.63, 3.8) is 0 Å². The molecule has 2 aromatic carbocycles. The normalized spacial score (nSPS) is 18.4. The smallest absolute Gasteiger partial charge is 0.407 e. The molecule has 2 unspecified atom stereocenters. The molecule has 0 bridgehead atoms. The number of nitrogens with one attached hydrogen (secondary N) is 2. The Morgan fingerprint density at radius 2 is 1.67 bits per heavy atom. The van der Waals surface area contributed by atoms with E-state index >= 15 is 0 Å². The summed E-state index contributed by atoms with van der Waals surface area (Å²) in [4.78, 5) is 36.5. The molecule has 4 rings (SSSR count). The second-order valence-electron chi connectivity index (χ2n) is 8.37. The summed E-state index contributed by atoms with van der Waals surface area (Å²) in [6, 6.07) is 14.6. The minimum absolute atomic E-state index is 0.0846. The van der Waals surface area contributed by atoms with Crippen molar-refractivity contribution in [1.82, 2.24) is 10.6 Å². The van der Waals surface area contributed by atoms with Gasteiger partial charge in [0.2, 0.25) is 5.91 Å². The van der Waals surface area contributed by atoms with Gasteiger partial charge in [-0.1, -0.05) is 48.5 Å². The fourth-order valence-electron chi connectivity index (χ4n) is 4.52. The lowest BCUT2D eigenvalue weighted by Gasteiger charge is -2.22. The molecule has 2 amide bonds. The van der Waals surface area contributed by atoms with E-state index in [1.807, 2.05) is 48.5 Å². The van der Waals surface area contributed by atoms with E-state index in [4.69, 9.17) is 9.47 Å². The van der Waals surface area contributed by atoms with E-state index in [1.165, 1.54) is 0 Å². The summed E-state index contributed by atoms with van der Waals surface area (Å²) in [5.74, 6) is -1.84. The SMILES string of the molecule is O=C(O)CC(NC(=O)OCC1c2ccccc2-c2ccccc21)C(=O)NC1CCCOCC1. The maximum absolute atomic E-state index is 12.7. The molecule has 2 aliphatic rings. The standard InChI is InChI=1S/C25H28N2O6/c28-23(29)14-22(24(30)26-16-6-5-12-32-13-11-16)27-25(31)33-15-21-19-9-3-1-7-17(19)18-8-2-4-10-20(18)21/h1-4,7-10,16,21-22H,5-6,11-15H2,(H,26,30)(H,27,31)(H,28,29). The van der Waals surface area contributed by atoms with Crippen LogP contribution < -0.4 is 10.6 Å². The molecule has 2 atom stereocenters. The van der Waals surface area contributed by atoms with Crippen LogP contribution in [0.2, 0.25) is 0 Å². The van der Waals surface area contributed by atoms with Crippen LogP contribution in [0.1, 0.15) is 42.7 Å². The van der Waals surface area contributed by atoms with Gasteiger partial charge in [0.25, 0.3) is 0 Å².